The van der Waals surface area contributed by atoms with Crippen LogP contribution in [0.15, 0.2) is 17.5 Å². The molecular weight excluding hydrogens is 494 g/mol. The van der Waals surface area contributed by atoms with Crippen molar-refractivity contribution in [3.63, 3.8) is 0 Å². The van der Waals surface area contributed by atoms with Crippen molar-refractivity contribution in [2.24, 2.45) is 22.2 Å². The molecule has 3 amide bonds. The van der Waals surface area contributed by atoms with Crippen LogP contribution in [0.5, 0.6) is 0 Å². The number of carboxylic acid groups (broad SMARTS) is 1. The molecule has 15 nitrogen and oxygen atoms in total. The van der Waals surface area contributed by atoms with Gasteiger partial charge in [0, 0.05) is 24.9 Å². The number of guanidine groups is 1. The van der Waals surface area contributed by atoms with Gasteiger partial charge in [0.2, 0.25) is 17.7 Å². The number of aliphatic carboxylic acids is 1. The van der Waals surface area contributed by atoms with Crippen molar-refractivity contribution < 1.29 is 29.4 Å². The summed E-state index contributed by atoms with van der Waals surface area (Å²) < 4.78 is 0. The zero-order valence-corrected chi connectivity index (χ0v) is 20.8. The lowest BCUT2D eigenvalue weighted by Crippen LogP contribution is -2.57. The second kappa shape index (κ2) is 16.3. The van der Waals surface area contributed by atoms with Crippen molar-refractivity contribution in [2.45, 2.75) is 49.9 Å². The Bertz CT molecular complexity index is 879. The van der Waals surface area contributed by atoms with Crippen molar-refractivity contribution in [3.8, 4) is 0 Å². The molecule has 12 N–H and O–H groups in total. The summed E-state index contributed by atoms with van der Waals surface area (Å²) in [5.74, 6) is -3.10. The number of carbonyl (C=O) groups excluding carboxylic acids is 3. The molecule has 0 aliphatic rings. The second-order valence-electron chi connectivity index (χ2n) is 7.82. The third-order valence-corrected chi connectivity index (χ3v) is 5.59. The Morgan fingerprint density at radius 1 is 1.08 bits per heavy atom. The standard InChI is InChI=1S/C20H35N9O6S/c1-36-6-4-14(18(33)29-15(9-30)19(34)35)28-17(32)13(3-2-5-25-20(22)23)27-16(31)12(21)7-11-8-24-10-26-11/h8,10,12-15,30H,2-7,9,21H2,1H3,(H,24,26)(H,27,31)(H,28,32)(H,29,33)(H,34,35)(H4,22,23,25). The number of aromatic nitrogens is 2. The Morgan fingerprint density at radius 3 is 2.22 bits per heavy atom. The molecule has 0 radical (unpaired) electrons. The van der Waals surface area contributed by atoms with E-state index in [1.165, 1.54) is 24.3 Å². The van der Waals surface area contributed by atoms with E-state index >= 15 is 0 Å². The predicted molar refractivity (Wildman–Crippen MR) is 134 cm³/mol. The molecular formula is C20H35N9O6S. The van der Waals surface area contributed by atoms with Crippen LogP contribution >= 0.6 is 11.8 Å². The van der Waals surface area contributed by atoms with Gasteiger partial charge in [0.05, 0.1) is 19.0 Å². The molecule has 4 unspecified atom stereocenters. The first-order valence-electron chi connectivity index (χ1n) is 11.1. The zero-order valence-electron chi connectivity index (χ0n) is 20.0. The second-order valence-corrected chi connectivity index (χ2v) is 8.81. The Morgan fingerprint density at radius 2 is 1.69 bits per heavy atom. The highest BCUT2D eigenvalue weighted by Crippen LogP contribution is 2.06. The number of hydrogen-bond acceptors (Lipinski definition) is 9. The van der Waals surface area contributed by atoms with E-state index in [1.807, 2.05) is 0 Å². The number of imidazole rings is 1. The van der Waals surface area contributed by atoms with Crippen molar-refractivity contribution >= 4 is 41.4 Å². The van der Waals surface area contributed by atoms with E-state index in [9.17, 15) is 24.3 Å². The first kappa shape index (κ1) is 30.7. The molecule has 4 atom stereocenters. The van der Waals surface area contributed by atoms with Crippen molar-refractivity contribution in [3.05, 3.63) is 18.2 Å². The van der Waals surface area contributed by atoms with E-state index < -0.39 is 54.5 Å². The highest BCUT2D eigenvalue weighted by Gasteiger charge is 2.30. The topological polar surface area (TPSA) is 264 Å². The largest absolute Gasteiger partial charge is 0.480 e. The summed E-state index contributed by atoms with van der Waals surface area (Å²) in [7, 11) is 0. The maximum atomic E-state index is 13.1. The van der Waals surface area contributed by atoms with E-state index in [0.717, 1.165) is 0 Å². The first-order chi connectivity index (χ1) is 17.1. The number of nitrogens with two attached hydrogens (primary N) is 3. The molecule has 0 bridgehead atoms. The molecule has 0 aromatic carbocycles. The Balaban J connectivity index is 2.95. The number of hydrogen-bond donors (Lipinski definition) is 9. The third-order valence-electron chi connectivity index (χ3n) is 4.95. The van der Waals surface area contributed by atoms with Crippen LogP contribution < -0.4 is 33.2 Å². The monoisotopic (exact) mass is 529 g/mol. The van der Waals surface area contributed by atoms with Gasteiger partial charge in [-0.15, -0.1) is 0 Å². The van der Waals surface area contributed by atoms with E-state index in [-0.39, 0.29) is 31.8 Å². The quantitative estimate of drug-likeness (QED) is 0.0545. The summed E-state index contributed by atoms with van der Waals surface area (Å²) >= 11 is 1.42. The molecule has 0 saturated carbocycles. The molecule has 1 rings (SSSR count). The molecule has 1 aromatic heterocycles. The van der Waals surface area contributed by atoms with Crippen molar-refractivity contribution in [1.82, 2.24) is 25.9 Å². The van der Waals surface area contributed by atoms with Gasteiger partial charge in [0.15, 0.2) is 5.96 Å². The number of aliphatic hydroxyl groups is 1. The summed E-state index contributed by atoms with van der Waals surface area (Å²) in [5.41, 5.74) is 17.2. The average Bonchev–Trinajstić information content (AvgIpc) is 3.34. The Labute approximate surface area is 212 Å². The van der Waals surface area contributed by atoms with Gasteiger partial charge in [-0.2, -0.15) is 11.8 Å². The number of carbonyl (C=O) groups is 4. The van der Waals surface area contributed by atoms with Gasteiger partial charge in [-0.1, -0.05) is 0 Å². The highest BCUT2D eigenvalue weighted by molar-refractivity contribution is 7.98. The molecule has 0 fully saturated rings. The fourth-order valence-electron chi connectivity index (χ4n) is 3.01. The molecule has 0 saturated heterocycles. The summed E-state index contributed by atoms with van der Waals surface area (Å²) in [5, 5.41) is 25.6. The van der Waals surface area contributed by atoms with Crippen LogP contribution in [0.4, 0.5) is 0 Å². The van der Waals surface area contributed by atoms with E-state index in [2.05, 4.69) is 30.9 Å². The molecule has 202 valence electrons. The molecule has 36 heavy (non-hydrogen) atoms. The molecule has 0 spiro atoms. The Kier molecular flexibility index (Phi) is 13.9. The van der Waals surface area contributed by atoms with Crippen LogP contribution in [0.3, 0.4) is 0 Å². The summed E-state index contributed by atoms with van der Waals surface area (Å²) in [6.07, 6.45) is 5.59. The maximum absolute atomic E-state index is 13.1. The van der Waals surface area contributed by atoms with Gasteiger partial charge in [-0.05, 0) is 31.3 Å². The van der Waals surface area contributed by atoms with Gasteiger partial charge in [-0.3, -0.25) is 19.4 Å². The lowest BCUT2D eigenvalue weighted by atomic mass is 10.1. The smallest absolute Gasteiger partial charge is 0.328 e. The zero-order chi connectivity index (χ0) is 27.1. The van der Waals surface area contributed by atoms with E-state index in [0.29, 0.717) is 17.9 Å². The summed E-state index contributed by atoms with van der Waals surface area (Å²) in [6, 6.07) is -4.68. The molecule has 1 aromatic rings. The van der Waals surface area contributed by atoms with Crippen LogP contribution in [-0.4, -0.2) is 99.2 Å². The minimum atomic E-state index is -1.53. The maximum Gasteiger partial charge on any atom is 0.328 e. The van der Waals surface area contributed by atoms with E-state index in [4.69, 9.17) is 22.3 Å². The van der Waals surface area contributed by atoms with Gasteiger partial charge in [0.1, 0.15) is 18.1 Å². The molecule has 0 aliphatic carbocycles. The normalized spacial score (nSPS) is 14.1. The number of aliphatic hydroxyl groups excluding tert-OH is 1. The number of rotatable bonds is 17. The van der Waals surface area contributed by atoms with Gasteiger partial charge < -0.3 is 48.3 Å². The lowest BCUT2D eigenvalue weighted by molar-refractivity contribution is -0.143. The van der Waals surface area contributed by atoms with Crippen molar-refractivity contribution in [1.29, 1.82) is 0 Å². The van der Waals surface area contributed by atoms with Crippen LogP contribution in [0.25, 0.3) is 0 Å². The lowest BCUT2D eigenvalue weighted by Gasteiger charge is -2.25. The number of aromatic amines is 1. The summed E-state index contributed by atoms with van der Waals surface area (Å²) in [4.78, 5) is 60.2. The minimum absolute atomic E-state index is 0.118. The molecule has 16 heteroatoms. The average molecular weight is 530 g/mol. The Hall–Kier alpha value is -3.37. The highest BCUT2D eigenvalue weighted by atomic mass is 32.2. The number of amides is 3. The van der Waals surface area contributed by atoms with Crippen LogP contribution in [0.1, 0.15) is 25.0 Å². The van der Waals surface area contributed by atoms with Gasteiger partial charge >= 0.3 is 5.97 Å². The first-order valence-corrected chi connectivity index (χ1v) is 12.5. The minimum Gasteiger partial charge on any atom is -0.480 e. The van der Waals surface area contributed by atoms with Crippen LogP contribution in [0, 0.1) is 0 Å². The number of carboxylic acids is 1. The molecule has 0 aliphatic heterocycles. The fraction of sp³-hybridized carbons (Fsp3) is 0.600. The van der Waals surface area contributed by atoms with E-state index in [1.54, 1.807) is 6.26 Å². The van der Waals surface area contributed by atoms with Crippen molar-refractivity contribution in [2.75, 3.05) is 25.2 Å². The van der Waals surface area contributed by atoms with Gasteiger partial charge in [-0.25, -0.2) is 9.78 Å². The van der Waals surface area contributed by atoms with Gasteiger partial charge in [0.25, 0.3) is 0 Å². The fourth-order valence-corrected chi connectivity index (χ4v) is 3.48. The third kappa shape index (κ3) is 11.4. The number of H-pyrrole nitrogens is 1. The van der Waals surface area contributed by atoms with Crippen LogP contribution in [-0.2, 0) is 25.6 Å². The SMILES string of the molecule is CSCCC(NC(=O)C(CCCN=C(N)N)NC(=O)C(N)Cc1cnc[nH]1)C(=O)NC(CO)C(=O)O. The number of nitrogens with one attached hydrogen (secondary N) is 4. The number of aliphatic imine (C=N–C) groups is 1. The number of thioether (sulfide) groups is 1. The molecule has 1 heterocycles. The summed E-state index contributed by atoms with van der Waals surface area (Å²) in [6.45, 7) is -0.614. The predicted octanol–water partition coefficient (Wildman–Crippen LogP) is -3.38. The number of nitrogens with zero attached hydrogens (tertiary/aromatic N) is 2. The van der Waals surface area contributed by atoms with Crippen LogP contribution in [0.2, 0.25) is 0 Å².